The maximum atomic E-state index is 13.2. The summed E-state index contributed by atoms with van der Waals surface area (Å²) in [6.45, 7) is 5.20. The first-order valence-corrected chi connectivity index (χ1v) is 9.00. The number of carbonyl (C=O) groups excluding carboxylic acids is 2. The number of benzene rings is 1. The molecule has 1 aromatic carbocycles. The molecule has 0 saturated heterocycles. The van der Waals surface area contributed by atoms with Crippen molar-refractivity contribution in [1.82, 2.24) is 4.98 Å². The van der Waals surface area contributed by atoms with Crippen molar-refractivity contribution in [3.8, 4) is 16.9 Å². The molecule has 0 aliphatic heterocycles. The zero-order valence-corrected chi connectivity index (χ0v) is 17.7. The van der Waals surface area contributed by atoms with E-state index in [1.165, 1.54) is 44.4 Å². The SMILES string of the molecule is COC(=O)c1ccc(N(C)C(=O)OC(C)(C)C)cc1-c1cc(C(F)F)ncc1OC. The average Bonchev–Trinajstić information content (AvgIpc) is 2.70. The monoisotopic (exact) mass is 422 g/mol. The first kappa shape index (κ1) is 23.1. The molecule has 9 heteroatoms. The van der Waals surface area contributed by atoms with Gasteiger partial charge in [-0.3, -0.25) is 9.88 Å². The summed E-state index contributed by atoms with van der Waals surface area (Å²) in [6.07, 6.45) is -2.28. The van der Waals surface area contributed by atoms with Crippen LogP contribution in [-0.2, 0) is 9.47 Å². The van der Waals surface area contributed by atoms with Gasteiger partial charge >= 0.3 is 12.1 Å². The number of nitrogens with zero attached hydrogens (tertiary/aromatic N) is 2. The molecule has 1 amide bonds. The Morgan fingerprint density at radius 3 is 2.30 bits per heavy atom. The van der Waals surface area contributed by atoms with E-state index in [4.69, 9.17) is 14.2 Å². The lowest BCUT2D eigenvalue weighted by atomic mass is 9.98. The van der Waals surface area contributed by atoms with Gasteiger partial charge in [-0.15, -0.1) is 0 Å². The van der Waals surface area contributed by atoms with Crippen LogP contribution < -0.4 is 9.64 Å². The van der Waals surface area contributed by atoms with E-state index >= 15 is 0 Å². The van der Waals surface area contributed by atoms with Crippen molar-refractivity contribution in [2.45, 2.75) is 32.8 Å². The fourth-order valence-electron chi connectivity index (χ4n) is 2.64. The van der Waals surface area contributed by atoms with E-state index in [2.05, 4.69) is 4.98 Å². The number of hydrogen-bond donors (Lipinski definition) is 0. The zero-order valence-electron chi connectivity index (χ0n) is 17.7. The lowest BCUT2D eigenvalue weighted by molar-refractivity contribution is 0.0585. The normalized spacial score (nSPS) is 11.2. The molecule has 0 bridgehead atoms. The smallest absolute Gasteiger partial charge is 0.414 e. The number of ether oxygens (including phenoxy) is 3. The van der Waals surface area contributed by atoms with Gasteiger partial charge in [0.25, 0.3) is 6.43 Å². The third-order valence-corrected chi connectivity index (χ3v) is 4.09. The van der Waals surface area contributed by atoms with E-state index in [1.807, 2.05) is 0 Å². The second-order valence-corrected chi connectivity index (χ2v) is 7.37. The number of hydrogen-bond acceptors (Lipinski definition) is 6. The summed E-state index contributed by atoms with van der Waals surface area (Å²) < 4.78 is 41.9. The van der Waals surface area contributed by atoms with Crippen LogP contribution in [0.5, 0.6) is 5.75 Å². The Kier molecular flexibility index (Phi) is 6.96. The number of anilines is 1. The Morgan fingerprint density at radius 1 is 1.10 bits per heavy atom. The summed E-state index contributed by atoms with van der Waals surface area (Å²) in [5, 5.41) is 0. The number of methoxy groups -OCH3 is 2. The second kappa shape index (κ2) is 9.06. The summed E-state index contributed by atoms with van der Waals surface area (Å²) in [7, 11) is 4.07. The van der Waals surface area contributed by atoms with E-state index < -0.39 is 29.8 Å². The fourth-order valence-corrected chi connectivity index (χ4v) is 2.64. The van der Waals surface area contributed by atoms with Gasteiger partial charge in [0.2, 0.25) is 0 Å². The minimum Gasteiger partial charge on any atom is -0.494 e. The summed E-state index contributed by atoms with van der Waals surface area (Å²) in [4.78, 5) is 29.7. The van der Waals surface area contributed by atoms with Gasteiger partial charge in [-0.1, -0.05) is 0 Å². The van der Waals surface area contributed by atoms with E-state index in [-0.39, 0.29) is 22.4 Å². The van der Waals surface area contributed by atoms with Crippen molar-refractivity contribution in [2.24, 2.45) is 0 Å². The lowest BCUT2D eigenvalue weighted by Gasteiger charge is -2.25. The molecule has 162 valence electrons. The predicted molar refractivity (Wildman–Crippen MR) is 107 cm³/mol. The first-order valence-electron chi connectivity index (χ1n) is 9.00. The Balaban J connectivity index is 2.65. The maximum Gasteiger partial charge on any atom is 0.414 e. The molecular weight excluding hydrogens is 398 g/mol. The molecule has 7 nitrogen and oxygen atoms in total. The van der Waals surface area contributed by atoms with Crippen molar-refractivity contribution < 1.29 is 32.6 Å². The molecule has 0 atom stereocenters. The largest absolute Gasteiger partial charge is 0.494 e. The summed E-state index contributed by atoms with van der Waals surface area (Å²) in [5.74, 6) is -0.490. The number of aromatic nitrogens is 1. The molecule has 2 aromatic rings. The highest BCUT2D eigenvalue weighted by Gasteiger charge is 2.24. The summed E-state index contributed by atoms with van der Waals surface area (Å²) in [6, 6.07) is 5.62. The minimum absolute atomic E-state index is 0.114. The predicted octanol–water partition coefficient (Wildman–Crippen LogP) is 4.85. The van der Waals surface area contributed by atoms with Crippen LogP contribution in [0.3, 0.4) is 0 Å². The third-order valence-electron chi connectivity index (χ3n) is 4.09. The number of halogens is 2. The van der Waals surface area contributed by atoms with Crippen molar-refractivity contribution in [3.63, 3.8) is 0 Å². The van der Waals surface area contributed by atoms with Crippen LogP contribution in [0.2, 0.25) is 0 Å². The molecule has 0 N–H and O–H groups in total. The second-order valence-electron chi connectivity index (χ2n) is 7.37. The van der Waals surface area contributed by atoms with Crippen LogP contribution in [0.15, 0.2) is 30.5 Å². The molecule has 30 heavy (non-hydrogen) atoms. The number of alkyl halides is 2. The van der Waals surface area contributed by atoms with Gasteiger partial charge in [0.1, 0.15) is 17.0 Å². The van der Waals surface area contributed by atoms with Gasteiger partial charge in [-0.2, -0.15) is 0 Å². The quantitative estimate of drug-likeness (QED) is 0.641. The average molecular weight is 422 g/mol. The van der Waals surface area contributed by atoms with Crippen molar-refractivity contribution in [3.05, 3.63) is 41.7 Å². The van der Waals surface area contributed by atoms with E-state index in [9.17, 15) is 18.4 Å². The number of amides is 1. The minimum atomic E-state index is -2.82. The number of esters is 1. The zero-order chi connectivity index (χ0) is 22.6. The van der Waals surface area contributed by atoms with Crippen molar-refractivity contribution >= 4 is 17.7 Å². The van der Waals surface area contributed by atoms with Crippen LogP contribution in [0.4, 0.5) is 19.3 Å². The van der Waals surface area contributed by atoms with Crippen molar-refractivity contribution in [2.75, 3.05) is 26.2 Å². The van der Waals surface area contributed by atoms with Crippen LogP contribution >= 0.6 is 0 Å². The van der Waals surface area contributed by atoms with Crippen LogP contribution in [-0.4, -0.2) is 43.9 Å². The highest BCUT2D eigenvalue weighted by atomic mass is 19.3. The molecule has 0 aliphatic carbocycles. The number of pyridine rings is 1. The molecule has 0 unspecified atom stereocenters. The summed E-state index contributed by atoms with van der Waals surface area (Å²) in [5.41, 5.74) is -0.236. The highest BCUT2D eigenvalue weighted by Crippen LogP contribution is 2.37. The topological polar surface area (TPSA) is 78.0 Å². The molecule has 0 radical (unpaired) electrons. The van der Waals surface area contributed by atoms with Gasteiger partial charge in [0, 0.05) is 23.9 Å². The molecule has 0 saturated carbocycles. The molecule has 0 aliphatic rings. The van der Waals surface area contributed by atoms with E-state index in [0.717, 1.165) is 12.3 Å². The molecule has 0 spiro atoms. The van der Waals surface area contributed by atoms with Crippen LogP contribution in [0, 0.1) is 0 Å². The van der Waals surface area contributed by atoms with Gasteiger partial charge in [-0.05, 0) is 45.0 Å². The number of carbonyl (C=O) groups is 2. The third kappa shape index (κ3) is 5.22. The van der Waals surface area contributed by atoms with E-state index in [1.54, 1.807) is 20.8 Å². The Labute approximate surface area is 173 Å². The fraction of sp³-hybridized carbons (Fsp3) is 0.381. The number of rotatable bonds is 5. The van der Waals surface area contributed by atoms with Crippen LogP contribution in [0.25, 0.3) is 11.1 Å². The Bertz CT molecular complexity index is 941. The molecule has 2 rings (SSSR count). The maximum absolute atomic E-state index is 13.2. The molecular formula is C21H24F2N2O5. The van der Waals surface area contributed by atoms with Crippen LogP contribution in [0.1, 0.15) is 43.2 Å². The molecule has 0 fully saturated rings. The first-order chi connectivity index (χ1) is 14.0. The van der Waals surface area contributed by atoms with Gasteiger partial charge in [0.05, 0.1) is 26.0 Å². The Morgan fingerprint density at radius 2 is 1.77 bits per heavy atom. The van der Waals surface area contributed by atoms with E-state index in [0.29, 0.717) is 5.69 Å². The standard InChI is InChI=1S/C21H24F2N2O5/c1-21(2,3)30-20(27)25(4)12-7-8-13(19(26)29-6)14(9-12)15-10-16(18(22)23)24-11-17(15)28-5/h7-11,18H,1-6H3. The summed E-state index contributed by atoms with van der Waals surface area (Å²) >= 11 is 0. The molecule has 1 aromatic heterocycles. The van der Waals surface area contributed by atoms with Gasteiger partial charge < -0.3 is 14.2 Å². The molecule has 1 heterocycles. The lowest BCUT2D eigenvalue weighted by Crippen LogP contribution is -2.34. The van der Waals surface area contributed by atoms with Crippen molar-refractivity contribution in [1.29, 1.82) is 0 Å². The Hall–Kier alpha value is -3.23. The highest BCUT2D eigenvalue weighted by molar-refractivity contribution is 6.00. The van der Waals surface area contributed by atoms with Gasteiger partial charge in [-0.25, -0.2) is 18.4 Å². The van der Waals surface area contributed by atoms with Gasteiger partial charge in [0.15, 0.2) is 0 Å².